The summed E-state index contributed by atoms with van der Waals surface area (Å²) < 4.78 is 10.9. The highest BCUT2D eigenvalue weighted by Gasteiger charge is 2.28. The number of methoxy groups -OCH3 is 1. The molecule has 0 spiro atoms. The molecule has 0 bridgehead atoms. The van der Waals surface area contributed by atoms with Crippen molar-refractivity contribution in [2.45, 2.75) is 65.0 Å². The summed E-state index contributed by atoms with van der Waals surface area (Å²) in [7, 11) is 1.62. The Morgan fingerprint density at radius 2 is 1.64 bits per heavy atom. The van der Waals surface area contributed by atoms with Crippen molar-refractivity contribution in [1.29, 1.82) is 0 Å². The maximum absolute atomic E-state index is 13.2. The molecular weight excluding hydrogens is 416 g/mol. The fourth-order valence-electron chi connectivity index (χ4n) is 3.57. The van der Waals surface area contributed by atoms with E-state index >= 15 is 0 Å². The molecule has 0 aromatic heterocycles. The van der Waals surface area contributed by atoms with Crippen LogP contribution in [-0.4, -0.2) is 49.1 Å². The van der Waals surface area contributed by atoms with E-state index < -0.39 is 6.04 Å². The zero-order valence-corrected chi connectivity index (χ0v) is 20.4. The van der Waals surface area contributed by atoms with Crippen LogP contribution in [0, 0.1) is 0 Å². The van der Waals surface area contributed by atoms with Gasteiger partial charge in [-0.2, -0.15) is 0 Å². The molecule has 2 rings (SSSR count). The van der Waals surface area contributed by atoms with Crippen LogP contribution in [0.4, 0.5) is 0 Å². The topological polar surface area (TPSA) is 67.9 Å². The summed E-state index contributed by atoms with van der Waals surface area (Å²) in [5, 5.41) is 3.04. The third kappa shape index (κ3) is 8.79. The van der Waals surface area contributed by atoms with Crippen molar-refractivity contribution < 1.29 is 19.1 Å². The van der Waals surface area contributed by atoms with Gasteiger partial charge in [0.05, 0.1) is 13.7 Å². The van der Waals surface area contributed by atoms with Gasteiger partial charge in [-0.1, -0.05) is 44.2 Å². The number of nitrogens with one attached hydrogen (secondary N) is 1. The van der Waals surface area contributed by atoms with Gasteiger partial charge < -0.3 is 19.7 Å². The molecule has 0 aliphatic rings. The van der Waals surface area contributed by atoms with Crippen molar-refractivity contribution in [3.05, 3.63) is 60.2 Å². The molecule has 180 valence electrons. The quantitative estimate of drug-likeness (QED) is 0.423. The second kappa shape index (κ2) is 14.2. The van der Waals surface area contributed by atoms with E-state index in [-0.39, 0.29) is 17.9 Å². The van der Waals surface area contributed by atoms with Gasteiger partial charge in [0.15, 0.2) is 0 Å². The van der Waals surface area contributed by atoms with E-state index in [9.17, 15) is 9.59 Å². The van der Waals surface area contributed by atoms with Crippen molar-refractivity contribution in [3.8, 4) is 11.5 Å². The van der Waals surface area contributed by atoms with Gasteiger partial charge in [0, 0.05) is 19.0 Å². The van der Waals surface area contributed by atoms with Crippen LogP contribution in [0.15, 0.2) is 54.6 Å². The number of amides is 2. The second-order valence-electron chi connectivity index (χ2n) is 8.19. The fourth-order valence-corrected chi connectivity index (χ4v) is 3.57. The zero-order chi connectivity index (χ0) is 24.1. The molecule has 0 aliphatic heterocycles. The number of hydrogen-bond donors (Lipinski definition) is 1. The molecule has 2 amide bonds. The summed E-state index contributed by atoms with van der Waals surface area (Å²) in [6.45, 7) is 6.91. The lowest BCUT2D eigenvalue weighted by Crippen LogP contribution is -2.51. The highest BCUT2D eigenvalue weighted by atomic mass is 16.5. The normalized spacial score (nSPS) is 12.5. The predicted molar refractivity (Wildman–Crippen MR) is 132 cm³/mol. The van der Waals surface area contributed by atoms with Gasteiger partial charge >= 0.3 is 0 Å². The highest BCUT2D eigenvalue weighted by Crippen LogP contribution is 2.18. The second-order valence-corrected chi connectivity index (χ2v) is 8.19. The molecule has 6 heteroatoms. The third-order valence-electron chi connectivity index (χ3n) is 5.73. The Labute approximate surface area is 198 Å². The first kappa shape index (κ1) is 26.2. The van der Waals surface area contributed by atoms with E-state index in [1.54, 1.807) is 12.0 Å². The highest BCUT2D eigenvalue weighted by molar-refractivity contribution is 5.87. The van der Waals surface area contributed by atoms with Crippen molar-refractivity contribution in [2.75, 3.05) is 20.3 Å². The Hall–Kier alpha value is -3.02. The van der Waals surface area contributed by atoms with Crippen LogP contribution in [0.25, 0.3) is 0 Å². The van der Waals surface area contributed by atoms with Crippen LogP contribution < -0.4 is 14.8 Å². The van der Waals surface area contributed by atoms with Gasteiger partial charge in [0.25, 0.3) is 0 Å². The Morgan fingerprint density at radius 1 is 0.970 bits per heavy atom. The van der Waals surface area contributed by atoms with Crippen LogP contribution in [0.1, 0.15) is 52.0 Å². The van der Waals surface area contributed by atoms with E-state index in [1.807, 2.05) is 75.4 Å². The number of rotatable bonds is 14. The van der Waals surface area contributed by atoms with Gasteiger partial charge in [0.2, 0.25) is 11.8 Å². The largest absolute Gasteiger partial charge is 0.497 e. The lowest BCUT2D eigenvalue weighted by molar-refractivity contribution is -0.141. The van der Waals surface area contributed by atoms with Gasteiger partial charge in [0.1, 0.15) is 17.5 Å². The number of ether oxygens (including phenoxy) is 2. The average molecular weight is 455 g/mol. The Morgan fingerprint density at radius 3 is 2.24 bits per heavy atom. The first-order chi connectivity index (χ1) is 16.0. The van der Waals surface area contributed by atoms with Crippen molar-refractivity contribution in [3.63, 3.8) is 0 Å². The molecule has 0 fully saturated rings. The Kier molecular flexibility index (Phi) is 11.3. The summed E-state index contributed by atoms with van der Waals surface area (Å²) in [5.41, 5.74) is 1.15. The maximum Gasteiger partial charge on any atom is 0.243 e. The van der Waals surface area contributed by atoms with Gasteiger partial charge in [-0.15, -0.1) is 0 Å². The minimum Gasteiger partial charge on any atom is -0.497 e. The first-order valence-electron chi connectivity index (χ1n) is 11.9. The molecule has 2 atom stereocenters. The van der Waals surface area contributed by atoms with E-state index in [0.29, 0.717) is 38.8 Å². The van der Waals surface area contributed by atoms with Crippen LogP contribution in [0.2, 0.25) is 0 Å². The maximum atomic E-state index is 13.2. The van der Waals surface area contributed by atoms with Gasteiger partial charge in [-0.3, -0.25) is 9.59 Å². The number of benzene rings is 2. The van der Waals surface area contributed by atoms with Gasteiger partial charge in [-0.25, -0.2) is 0 Å². The minimum atomic E-state index is -0.474. The molecule has 0 saturated heterocycles. The minimum absolute atomic E-state index is 0.0181. The van der Waals surface area contributed by atoms with Crippen LogP contribution in [0.3, 0.4) is 0 Å². The molecule has 33 heavy (non-hydrogen) atoms. The summed E-state index contributed by atoms with van der Waals surface area (Å²) in [6, 6.07) is 17.0. The van der Waals surface area contributed by atoms with E-state index in [4.69, 9.17) is 9.47 Å². The fraction of sp³-hybridized carbons (Fsp3) is 0.481. The SMILES string of the molecule is CCC(C)NC(=O)C(CC)N(CCc1ccccc1)C(=O)CCCOc1ccc(OC)cc1. The number of carbonyl (C=O) groups excluding carboxylic acids is 2. The molecule has 2 aromatic carbocycles. The first-order valence-corrected chi connectivity index (χ1v) is 11.9. The van der Waals surface area contributed by atoms with E-state index in [1.165, 1.54) is 0 Å². The van der Waals surface area contributed by atoms with Crippen LogP contribution in [-0.2, 0) is 16.0 Å². The van der Waals surface area contributed by atoms with Crippen LogP contribution in [0.5, 0.6) is 11.5 Å². The summed E-state index contributed by atoms with van der Waals surface area (Å²) in [5.74, 6) is 1.41. The van der Waals surface area contributed by atoms with Crippen molar-refractivity contribution in [2.24, 2.45) is 0 Å². The number of nitrogens with zero attached hydrogens (tertiary/aromatic N) is 1. The van der Waals surface area contributed by atoms with Crippen LogP contribution >= 0.6 is 0 Å². The summed E-state index contributed by atoms with van der Waals surface area (Å²) in [6.07, 6.45) is 3.05. The lowest BCUT2D eigenvalue weighted by atomic mass is 10.1. The Bertz CT molecular complexity index is 839. The third-order valence-corrected chi connectivity index (χ3v) is 5.73. The average Bonchev–Trinajstić information content (AvgIpc) is 2.85. The molecular formula is C27H38N2O4. The monoisotopic (exact) mass is 454 g/mol. The van der Waals surface area contributed by atoms with Crippen molar-refractivity contribution >= 4 is 11.8 Å². The standard InChI is InChI=1S/C27H38N2O4/c1-5-21(3)28-27(31)25(6-2)29(19-18-22-11-8-7-9-12-22)26(30)13-10-20-33-24-16-14-23(32-4)15-17-24/h7-9,11-12,14-17,21,25H,5-6,10,13,18-20H2,1-4H3,(H,28,31). The molecule has 6 nitrogen and oxygen atoms in total. The smallest absolute Gasteiger partial charge is 0.243 e. The zero-order valence-electron chi connectivity index (χ0n) is 20.4. The molecule has 2 unspecified atom stereocenters. The van der Waals surface area contributed by atoms with E-state index in [2.05, 4.69) is 5.32 Å². The molecule has 0 aliphatic carbocycles. The molecule has 0 saturated carbocycles. The predicted octanol–water partition coefficient (Wildman–Crippen LogP) is 4.62. The van der Waals surface area contributed by atoms with E-state index in [0.717, 1.165) is 23.5 Å². The molecule has 0 heterocycles. The van der Waals surface area contributed by atoms with Gasteiger partial charge in [-0.05, 0) is 62.4 Å². The summed E-state index contributed by atoms with van der Waals surface area (Å²) >= 11 is 0. The number of carbonyl (C=O) groups is 2. The van der Waals surface area contributed by atoms with Crippen molar-refractivity contribution in [1.82, 2.24) is 10.2 Å². The molecule has 2 aromatic rings. The summed E-state index contributed by atoms with van der Waals surface area (Å²) in [4.78, 5) is 27.9. The lowest BCUT2D eigenvalue weighted by Gasteiger charge is -2.31. The molecule has 1 N–H and O–H groups in total. The Balaban J connectivity index is 1.98. The molecule has 0 radical (unpaired) electrons. The number of hydrogen-bond acceptors (Lipinski definition) is 4.